The third-order valence-corrected chi connectivity index (χ3v) is 4.70. The van der Waals surface area contributed by atoms with E-state index >= 15 is 0 Å². The fourth-order valence-corrected chi connectivity index (χ4v) is 3.21. The molecule has 0 radical (unpaired) electrons. The van der Waals surface area contributed by atoms with E-state index in [-0.39, 0.29) is 10.6 Å². The van der Waals surface area contributed by atoms with Gasteiger partial charge in [0.05, 0.1) is 10.6 Å². The molecule has 0 heterocycles. The number of rotatable bonds is 3. The lowest BCUT2D eigenvalue weighted by molar-refractivity contribution is 0.598. The lowest BCUT2D eigenvalue weighted by Gasteiger charge is -2.10. The highest BCUT2D eigenvalue weighted by atomic mass is 79.9. The second kappa shape index (κ2) is 5.41. The molecule has 0 spiro atoms. The van der Waals surface area contributed by atoms with Gasteiger partial charge < -0.3 is 5.73 Å². The van der Waals surface area contributed by atoms with Crippen LogP contribution >= 0.6 is 15.9 Å². The van der Waals surface area contributed by atoms with E-state index in [1.54, 1.807) is 13.0 Å². The molecule has 0 saturated heterocycles. The van der Waals surface area contributed by atoms with Gasteiger partial charge in [0.25, 0.3) is 10.0 Å². The van der Waals surface area contributed by atoms with Crippen molar-refractivity contribution in [2.45, 2.75) is 11.8 Å². The first-order valence-corrected chi connectivity index (χ1v) is 7.91. The second-order valence-corrected chi connectivity index (χ2v) is 6.81. The number of sulfonamides is 1. The first-order chi connectivity index (χ1) is 9.29. The summed E-state index contributed by atoms with van der Waals surface area (Å²) in [6, 6.07) is 8.45. The molecule has 0 aliphatic carbocycles. The molecule has 0 unspecified atom stereocenters. The van der Waals surface area contributed by atoms with E-state index in [0.29, 0.717) is 15.7 Å². The van der Waals surface area contributed by atoms with Crippen molar-refractivity contribution in [3.05, 3.63) is 52.3 Å². The number of benzene rings is 2. The Kier molecular flexibility index (Phi) is 4.01. The van der Waals surface area contributed by atoms with Crippen molar-refractivity contribution in [2.24, 2.45) is 0 Å². The van der Waals surface area contributed by atoms with E-state index in [9.17, 15) is 12.8 Å². The van der Waals surface area contributed by atoms with Gasteiger partial charge in [0.15, 0.2) is 0 Å². The van der Waals surface area contributed by atoms with Crippen molar-refractivity contribution in [3.8, 4) is 0 Å². The number of nitrogen functional groups attached to an aromatic ring is 1. The van der Waals surface area contributed by atoms with E-state index in [1.165, 1.54) is 30.3 Å². The van der Waals surface area contributed by atoms with Gasteiger partial charge in [-0.05, 0) is 58.7 Å². The van der Waals surface area contributed by atoms with Crippen LogP contribution < -0.4 is 10.5 Å². The van der Waals surface area contributed by atoms with Crippen LogP contribution in [0.5, 0.6) is 0 Å². The predicted octanol–water partition coefficient (Wildman–Crippen LogP) is 3.28. The number of nitrogens with two attached hydrogens (primary N) is 1. The molecule has 0 aliphatic rings. The molecule has 3 N–H and O–H groups in total. The van der Waals surface area contributed by atoms with E-state index in [4.69, 9.17) is 5.73 Å². The Bertz CT molecular complexity index is 763. The Balaban J connectivity index is 2.38. The van der Waals surface area contributed by atoms with Crippen LogP contribution in [-0.2, 0) is 10.0 Å². The molecule has 0 amide bonds. The largest absolute Gasteiger partial charge is 0.398 e. The summed E-state index contributed by atoms with van der Waals surface area (Å²) in [6.45, 7) is 1.72. The molecule has 0 aromatic heterocycles. The van der Waals surface area contributed by atoms with Crippen LogP contribution in [-0.4, -0.2) is 8.42 Å². The van der Waals surface area contributed by atoms with Crippen LogP contribution in [0.3, 0.4) is 0 Å². The smallest absolute Gasteiger partial charge is 0.262 e. The Morgan fingerprint density at radius 3 is 2.50 bits per heavy atom. The number of halogens is 2. The van der Waals surface area contributed by atoms with E-state index < -0.39 is 15.8 Å². The lowest BCUT2D eigenvalue weighted by atomic mass is 10.2. The fraction of sp³-hybridized carbons (Fsp3) is 0.0769. The number of nitrogens with one attached hydrogen (secondary N) is 1. The monoisotopic (exact) mass is 358 g/mol. The number of hydrogen-bond acceptors (Lipinski definition) is 3. The minimum Gasteiger partial charge on any atom is -0.398 e. The summed E-state index contributed by atoms with van der Waals surface area (Å²) in [4.78, 5) is -0.00134. The van der Waals surface area contributed by atoms with E-state index in [1.807, 2.05) is 0 Å². The van der Waals surface area contributed by atoms with E-state index in [2.05, 4.69) is 20.7 Å². The van der Waals surface area contributed by atoms with Crippen LogP contribution in [0.15, 0.2) is 45.8 Å². The first-order valence-electron chi connectivity index (χ1n) is 5.63. The summed E-state index contributed by atoms with van der Waals surface area (Å²) in [5.41, 5.74) is 6.64. The molecular formula is C13H12BrFN2O2S. The topological polar surface area (TPSA) is 72.2 Å². The van der Waals surface area contributed by atoms with Gasteiger partial charge in [-0.2, -0.15) is 0 Å². The third kappa shape index (κ3) is 3.10. The summed E-state index contributed by atoms with van der Waals surface area (Å²) in [5, 5.41) is 0. The lowest BCUT2D eigenvalue weighted by Crippen LogP contribution is -2.14. The van der Waals surface area contributed by atoms with Gasteiger partial charge in [0.2, 0.25) is 0 Å². The highest BCUT2D eigenvalue weighted by molar-refractivity contribution is 9.10. The van der Waals surface area contributed by atoms with Crippen LogP contribution in [0.25, 0.3) is 0 Å². The van der Waals surface area contributed by atoms with Gasteiger partial charge in [-0.15, -0.1) is 0 Å². The molecule has 106 valence electrons. The Hall–Kier alpha value is -1.60. The van der Waals surface area contributed by atoms with Gasteiger partial charge in [-0.3, -0.25) is 4.72 Å². The van der Waals surface area contributed by atoms with Crippen molar-refractivity contribution in [2.75, 3.05) is 10.5 Å². The standard InChI is InChI=1S/C13H12BrFN2O2S/c1-8-2-5-13(11(15)6-8)17-20(18,19)9-3-4-12(16)10(14)7-9/h2-7,17H,16H2,1H3. The molecule has 20 heavy (non-hydrogen) atoms. The van der Waals surface area contributed by atoms with Gasteiger partial charge in [0, 0.05) is 10.2 Å². The molecule has 0 atom stereocenters. The van der Waals surface area contributed by atoms with Gasteiger partial charge in [-0.25, -0.2) is 12.8 Å². The summed E-state index contributed by atoms with van der Waals surface area (Å²) in [6.07, 6.45) is 0. The molecule has 0 fully saturated rings. The zero-order valence-electron chi connectivity index (χ0n) is 10.5. The summed E-state index contributed by atoms with van der Waals surface area (Å²) in [7, 11) is -3.86. The molecule has 2 rings (SSSR count). The highest BCUT2D eigenvalue weighted by Crippen LogP contribution is 2.25. The molecule has 7 heteroatoms. The maximum atomic E-state index is 13.7. The molecule has 2 aromatic carbocycles. The van der Waals surface area contributed by atoms with Crippen molar-refractivity contribution in [1.29, 1.82) is 0 Å². The zero-order chi connectivity index (χ0) is 14.9. The number of hydrogen-bond donors (Lipinski definition) is 2. The second-order valence-electron chi connectivity index (χ2n) is 4.27. The van der Waals surface area contributed by atoms with Gasteiger partial charge in [-0.1, -0.05) is 6.07 Å². The maximum Gasteiger partial charge on any atom is 0.262 e. The SMILES string of the molecule is Cc1ccc(NS(=O)(=O)c2ccc(N)c(Br)c2)c(F)c1. The molecule has 2 aromatic rings. The quantitative estimate of drug-likeness (QED) is 0.827. The van der Waals surface area contributed by atoms with Crippen LogP contribution in [0.4, 0.5) is 15.8 Å². The predicted molar refractivity (Wildman–Crippen MR) is 80.5 cm³/mol. The van der Waals surface area contributed by atoms with Crippen LogP contribution in [0.1, 0.15) is 5.56 Å². The van der Waals surface area contributed by atoms with Gasteiger partial charge in [0.1, 0.15) is 5.82 Å². The normalized spacial score (nSPS) is 11.3. The summed E-state index contributed by atoms with van der Waals surface area (Å²) in [5.74, 6) is -0.622. The Morgan fingerprint density at radius 2 is 1.90 bits per heavy atom. The molecule has 0 bridgehead atoms. The number of anilines is 2. The molecular weight excluding hydrogens is 347 g/mol. The Morgan fingerprint density at radius 1 is 1.20 bits per heavy atom. The van der Waals surface area contributed by atoms with Crippen molar-refractivity contribution < 1.29 is 12.8 Å². The fourth-order valence-electron chi connectivity index (χ4n) is 1.58. The average Bonchev–Trinajstić information content (AvgIpc) is 2.36. The van der Waals surface area contributed by atoms with Crippen molar-refractivity contribution in [3.63, 3.8) is 0 Å². The highest BCUT2D eigenvalue weighted by Gasteiger charge is 2.17. The van der Waals surface area contributed by atoms with Crippen molar-refractivity contribution in [1.82, 2.24) is 0 Å². The summed E-state index contributed by atoms with van der Waals surface area (Å²) >= 11 is 3.16. The summed E-state index contributed by atoms with van der Waals surface area (Å²) < 4.78 is 40.7. The van der Waals surface area contributed by atoms with Gasteiger partial charge >= 0.3 is 0 Å². The minimum atomic E-state index is -3.86. The molecule has 4 nitrogen and oxygen atoms in total. The zero-order valence-corrected chi connectivity index (χ0v) is 12.9. The van der Waals surface area contributed by atoms with Crippen molar-refractivity contribution >= 4 is 37.3 Å². The maximum absolute atomic E-state index is 13.7. The average molecular weight is 359 g/mol. The first kappa shape index (κ1) is 14.8. The van der Waals surface area contributed by atoms with Crippen LogP contribution in [0, 0.1) is 12.7 Å². The van der Waals surface area contributed by atoms with Crippen LogP contribution in [0.2, 0.25) is 0 Å². The third-order valence-electron chi connectivity index (χ3n) is 2.65. The molecule has 0 saturated carbocycles. The Labute approximate surface area is 125 Å². The minimum absolute atomic E-state index is 0.00134. The number of aryl methyl sites for hydroxylation is 1. The molecule has 0 aliphatic heterocycles. The van der Waals surface area contributed by atoms with E-state index in [0.717, 1.165) is 0 Å².